The molecule has 0 aliphatic heterocycles. The van der Waals surface area contributed by atoms with Gasteiger partial charge in [0.1, 0.15) is 22.8 Å². The first-order chi connectivity index (χ1) is 9.38. The quantitative estimate of drug-likeness (QED) is 0.847. The Hall–Kier alpha value is -2.00. The van der Waals surface area contributed by atoms with Crippen molar-refractivity contribution in [2.75, 3.05) is 19.0 Å². The standard InChI is InChI=1S/C11H15N5O3S/c1-8-4-11(16(2)3)15-10(14-8)6-13-20(17,18)9-5-12-19-7-9/h4-5,7,13H,6H2,1-3H3. The molecule has 108 valence electrons. The number of hydrogen-bond acceptors (Lipinski definition) is 7. The van der Waals surface area contributed by atoms with Crippen LogP contribution in [0.4, 0.5) is 5.82 Å². The van der Waals surface area contributed by atoms with Crippen LogP contribution in [-0.2, 0) is 16.6 Å². The Morgan fingerprint density at radius 1 is 1.35 bits per heavy atom. The van der Waals surface area contributed by atoms with Crippen molar-refractivity contribution in [2.24, 2.45) is 0 Å². The van der Waals surface area contributed by atoms with E-state index in [1.165, 1.54) is 0 Å². The molecule has 2 aromatic heterocycles. The largest absolute Gasteiger partial charge is 0.363 e. The first-order valence-electron chi connectivity index (χ1n) is 5.79. The molecule has 0 radical (unpaired) electrons. The molecule has 2 heterocycles. The fraction of sp³-hybridized carbons (Fsp3) is 0.364. The first-order valence-corrected chi connectivity index (χ1v) is 7.28. The van der Waals surface area contributed by atoms with Crippen molar-refractivity contribution in [1.82, 2.24) is 19.8 Å². The molecule has 0 saturated heterocycles. The fourth-order valence-corrected chi connectivity index (χ4v) is 2.33. The lowest BCUT2D eigenvalue weighted by Gasteiger charge is -2.13. The molecule has 0 aromatic carbocycles. The molecule has 0 amide bonds. The summed E-state index contributed by atoms with van der Waals surface area (Å²) in [5, 5.41) is 3.36. The van der Waals surface area contributed by atoms with Gasteiger partial charge in [0.15, 0.2) is 0 Å². The Morgan fingerprint density at radius 3 is 2.70 bits per heavy atom. The lowest BCUT2D eigenvalue weighted by Crippen LogP contribution is -2.24. The molecular formula is C11H15N5O3S. The highest BCUT2D eigenvalue weighted by Crippen LogP contribution is 2.10. The Balaban J connectivity index is 2.15. The molecule has 0 bridgehead atoms. The second-order valence-electron chi connectivity index (χ2n) is 4.36. The van der Waals surface area contributed by atoms with E-state index in [2.05, 4.69) is 24.4 Å². The van der Waals surface area contributed by atoms with Crippen LogP contribution in [-0.4, -0.2) is 37.6 Å². The van der Waals surface area contributed by atoms with Crippen molar-refractivity contribution in [2.45, 2.75) is 18.4 Å². The van der Waals surface area contributed by atoms with Crippen LogP contribution < -0.4 is 9.62 Å². The third-order valence-corrected chi connectivity index (χ3v) is 3.83. The van der Waals surface area contributed by atoms with Crippen LogP contribution in [0, 0.1) is 6.92 Å². The second kappa shape index (κ2) is 5.55. The van der Waals surface area contributed by atoms with E-state index < -0.39 is 10.0 Å². The first kappa shape index (κ1) is 14.4. The monoisotopic (exact) mass is 297 g/mol. The number of aromatic nitrogens is 3. The van der Waals surface area contributed by atoms with Gasteiger partial charge in [-0.15, -0.1) is 0 Å². The number of anilines is 1. The zero-order chi connectivity index (χ0) is 14.8. The number of hydrogen-bond donors (Lipinski definition) is 1. The van der Waals surface area contributed by atoms with Gasteiger partial charge in [-0.3, -0.25) is 0 Å². The van der Waals surface area contributed by atoms with Gasteiger partial charge in [-0.2, -0.15) is 0 Å². The lowest BCUT2D eigenvalue weighted by molar-refractivity contribution is 0.417. The van der Waals surface area contributed by atoms with E-state index >= 15 is 0 Å². The summed E-state index contributed by atoms with van der Waals surface area (Å²) in [6, 6.07) is 1.82. The van der Waals surface area contributed by atoms with E-state index in [-0.39, 0.29) is 11.4 Å². The van der Waals surface area contributed by atoms with E-state index in [0.717, 1.165) is 24.0 Å². The summed E-state index contributed by atoms with van der Waals surface area (Å²) < 4.78 is 30.7. The van der Waals surface area contributed by atoms with Crippen LogP contribution in [0.2, 0.25) is 0 Å². The van der Waals surface area contributed by atoms with Crippen molar-refractivity contribution >= 4 is 15.8 Å². The predicted octanol–water partition coefficient (Wildman–Crippen LogP) is 0.318. The third kappa shape index (κ3) is 3.31. The summed E-state index contributed by atoms with van der Waals surface area (Å²) in [5.74, 6) is 1.12. The average Bonchev–Trinajstić information content (AvgIpc) is 2.90. The van der Waals surface area contributed by atoms with E-state index in [4.69, 9.17) is 0 Å². The highest BCUT2D eigenvalue weighted by Gasteiger charge is 2.16. The topological polar surface area (TPSA) is 101 Å². The van der Waals surface area contributed by atoms with Crippen molar-refractivity contribution in [3.63, 3.8) is 0 Å². The molecule has 2 rings (SSSR count). The number of nitrogens with one attached hydrogen (secondary N) is 1. The van der Waals surface area contributed by atoms with Crippen LogP contribution in [0.15, 0.2) is 27.9 Å². The third-order valence-electron chi connectivity index (χ3n) is 2.49. The van der Waals surface area contributed by atoms with Gasteiger partial charge in [0.25, 0.3) is 0 Å². The number of aryl methyl sites for hydroxylation is 1. The van der Waals surface area contributed by atoms with Gasteiger partial charge in [0.05, 0.1) is 12.7 Å². The molecule has 0 fully saturated rings. The van der Waals surface area contributed by atoms with Crippen molar-refractivity contribution < 1.29 is 12.9 Å². The molecule has 0 atom stereocenters. The van der Waals surface area contributed by atoms with Crippen LogP contribution >= 0.6 is 0 Å². The maximum atomic E-state index is 11.9. The van der Waals surface area contributed by atoms with Crippen LogP contribution in [0.3, 0.4) is 0 Å². The molecule has 0 aliphatic carbocycles. The summed E-state index contributed by atoms with van der Waals surface area (Å²) in [4.78, 5) is 10.3. The minimum absolute atomic E-state index is 0.00394. The van der Waals surface area contributed by atoms with Crippen LogP contribution in [0.5, 0.6) is 0 Å². The molecule has 0 saturated carbocycles. The van der Waals surface area contributed by atoms with Crippen molar-refractivity contribution in [3.8, 4) is 0 Å². The van der Waals surface area contributed by atoms with E-state index in [1.54, 1.807) is 0 Å². The smallest absolute Gasteiger partial charge is 0.245 e. The maximum absolute atomic E-state index is 11.9. The molecule has 0 unspecified atom stereocenters. The predicted molar refractivity (Wildman–Crippen MR) is 71.6 cm³/mol. The van der Waals surface area contributed by atoms with Gasteiger partial charge in [0, 0.05) is 25.9 Å². The molecular weight excluding hydrogens is 282 g/mol. The Morgan fingerprint density at radius 2 is 2.10 bits per heavy atom. The van der Waals surface area contributed by atoms with Crippen molar-refractivity contribution in [3.05, 3.63) is 30.0 Å². The summed E-state index contributed by atoms with van der Waals surface area (Å²) >= 11 is 0. The molecule has 0 spiro atoms. The summed E-state index contributed by atoms with van der Waals surface area (Å²) in [7, 11) is 0.0471. The average molecular weight is 297 g/mol. The van der Waals surface area contributed by atoms with Gasteiger partial charge >= 0.3 is 0 Å². The van der Waals surface area contributed by atoms with E-state index in [9.17, 15) is 8.42 Å². The van der Waals surface area contributed by atoms with Gasteiger partial charge in [-0.1, -0.05) is 5.16 Å². The lowest BCUT2D eigenvalue weighted by atomic mass is 10.4. The van der Waals surface area contributed by atoms with Crippen LogP contribution in [0.1, 0.15) is 11.5 Å². The number of rotatable bonds is 5. The minimum Gasteiger partial charge on any atom is -0.363 e. The molecule has 8 nitrogen and oxygen atoms in total. The van der Waals surface area contributed by atoms with Crippen molar-refractivity contribution in [1.29, 1.82) is 0 Å². The summed E-state index contributed by atoms with van der Waals surface area (Å²) in [5.41, 5.74) is 0.767. The Kier molecular flexibility index (Phi) is 4.00. The Bertz CT molecular complexity index is 682. The highest BCUT2D eigenvalue weighted by atomic mass is 32.2. The zero-order valence-corrected chi connectivity index (χ0v) is 12.2. The normalized spacial score (nSPS) is 11.6. The number of sulfonamides is 1. The SMILES string of the molecule is Cc1cc(N(C)C)nc(CNS(=O)(=O)c2cnoc2)n1. The molecule has 1 N–H and O–H groups in total. The van der Waals surface area contributed by atoms with Gasteiger partial charge in [-0.05, 0) is 6.92 Å². The highest BCUT2D eigenvalue weighted by molar-refractivity contribution is 7.89. The summed E-state index contributed by atoms with van der Waals surface area (Å²) in [6.07, 6.45) is 2.19. The van der Waals surface area contributed by atoms with E-state index in [0.29, 0.717) is 5.82 Å². The second-order valence-corrected chi connectivity index (χ2v) is 6.13. The number of nitrogens with zero attached hydrogens (tertiary/aromatic N) is 4. The minimum atomic E-state index is -3.66. The fourth-order valence-electron chi connectivity index (χ4n) is 1.49. The molecule has 0 aliphatic rings. The molecule has 9 heteroatoms. The van der Waals surface area contributed by atoms with E-state index in [1.807, 2.05) is 32.0 Å². The molecule has 2 aromatic rings. The summed E-state index contributed by atoms with van der Waals surface area (Å²) in [6.45, 7) is 1.82. The van der Waals surface area contributed by atoms with Gasteiger partial charge in [0.2, 0.25) is 10.0 Å². The Labute approximate surface area is 116 Å². The van der Waals surface area contributed by atoms with Gasteiger partial charge in [-0.25, -0.2) is 23.1 Å². The molecule has 20 heavy (non-hydrogen) atoms. The van der Waals surface area contributed by atoms with Gasteiger partial charge < -0.3 is 9.42 Å². The maximum Gasteiger partial charge on any atom is 0.245 e. The zero-order valence-electron chi connectivity index (χ0n) is 11.4. The van der Waals surface area contributed by atoms with Crippen LogP contribution in [0.25, 0.3) is 0 Å².